The van der Waals surface area contributed by atoms with Crippen molar-refractivity contribution in [2.45, 2.75) is 11.8 Å². The van der Waals surface area contributed by atoms with Gasteiger partial charge in [-0.15, -0.1) is 0 Å². The molecule has 0 saturated heterocycles. The van der Waals surface area contributed by atoms with E-state index in [1.807, 2.05) is 6.92 Å². The molecule has 0 amide bonds. The minimum Gasteiger partial charge on any atom is -0.507 e. The first kappa shape index (κ1) is 15.5. The zero-order valence-corrected chi connectivity index (χ0v) is 13.5. The molecule has 0 aliphatic heterocycles. The summed E-state index contributed by atoms with van der Waals surface area (Å²) < 4.78 is 24.5. The average molecular weight is 369 g/mol. The van der Waals surface area contributed by atoms with Crippen molar-refractivity contribution in [3.05, 3.63) is 58.1 Å². The van der Waals surface area contributed by atoms with Gasteiger partial charge in [-0.2, -0.15) is 13.5 Å². The minimum absolute atomic E-state index is 0.104. The quantitative estimate of drug-likeness (QED) is 0.643. The normalized spacial score (nSPS) is 11.7. The van der Waals surface area contributed by atoms with Crippen LogP contribution in [0.2, 0.25) is 0 Å². The lowest BCUT2D eigenvalue weighted by Crippen LogP contribution is -2.18. The van der Waals surface area contributed by atoms with Crippen molar-refractivity contribution in [1.82, 2.24) is 4.83 Å². The second kappa shape index (κ2) is 6.28. The van der Waals surface area contributed by atoms with E-state index in [2.05, 4.69) is 25.9 Å². The summed E-state index contributed by atoms with van der Waals surface area (Å²) >= 11 is 3.17. The van der Waals surface area contributed by atoms with Crippen LogP contribution in [0.5, 0.6) is 5.75 Å². The first-order valence-electron chi connectivity index (χ1n) is 5.98. The molecule has 0 saturated carbocycles. The number of nitrogens with one attached hydrogen (secondary N) is 1. The number of phenolic OH excluding ortho intramolecular Hbond substituents is 1. The van der Waals surface area contributed by atoms with E-state index in [0.29, 0.717) is 10.0 Å². The fourth-order valence-electron chi connectivity index (χ4n) is 1.54. The summed E-state index contributed by atoms with van der Waals surface area (Å²) in [7, 11) is -3.67. The molecule has 0 aromatic heterocycles. The van der Waals surface area contributed by atoms with Gasteiger partial charge in [-0.25, -0.2) is 4.83 Å². The number of hydrogen-bond acceptors (Lipinski definition) is 4. The first-order valence-corrected chi connectivity index (χ1v) is 8.26. The van der Waals surface area contributed by atoms with Crippen LogP contribution in [-0.2, 0) is 10.0 Å². The van der Waals surface area contributed by atoms with Crippen LogP contribution < -0.4 is 4.83 Å². The highest BCUT2D eigenvalue weighted by Crippen LogP contribution is 2.23. The Morgan fingerprint density at radius 3 is 2.48 bits per heavy atom. The first-order chi connectivity index (χ1) is 9.88. The maximum absolute atomic E-state index is 12.0. The highest BCUT2D eigenvalue weighted by atomic mass is 79.9. The molecule has 2 aromatic carbocycles. The molecule has 0 radical (unpaired) electrons. The standard InChI is InChI=1S/C14H13BrN2O3S/c1-10-2-5-12(6-3-10)21(19,20)17-16-9-11-4-7-14(18)13(15)8-11/h2-9,17-18H,1H3/b16-9+. The fraction of sp³-hybridized carbons (Fsp3) is 0.0714. The molecule has 5 nitrogen and oxygen atoms in total. The van der Waals surface area contributed by atoms with Crippen LogP contribution in [0, 0.1) is 6.92 Å². The van der Waals surface area contributed by atoms with Gasteiger partial charge in [-0.05, 0) is 58.7 Å². The van der Waals surface area contributed by atoms with Crippen molar-refractivity contribution in [2.75, 3.05) is 0 Å². The third kappa shape index (κ3) is 4.05. The summed E-state index contributed by atoms with van der Waals surface area (Å²) in [5.41, 5.74) is 1.62. The Bertz CT molecular complexity index is 771. The minimum atomic E-state index is -3.67. The number of aryl methyl sites for hydroxylation is 1. The van der Waals surface area contributed by atoms with Gasteiger partial charge in [0.2, 0.25) is 0 Å². The van der Waals surface area contributed by atoms with E-state index in [-0.39, 0.29) is 10.6 Å². The maximum Gasteiger partial charge on any atom is 0.276 e. The predicted octanol–water partition coefficient (Wildman–Crippen LogP) is 2.78. The molecule has 0 aliphatic rings. The monoisotopic (exact) mass is 368 g/mol. The van der Waals surface area contributed by atoms with Crippen molar-refractivity contribution in [2.24, 2.45) is 5.10 Å². The highest BCUT2D eigenvalue weighted by molar-refractivity contribution is 9.10. The number of benzene rings is 2. The van der Waals surface area contributed by atoms with Crippen molar-refractivity contribution in [1.29, 1.82) is 0 Å². The van der Waals surface area contributed by atoms with Gasteiger partial charge in [0.25, 0.3) is 10.0 Å². The topological polar surface area (TPSA) is 78.8 Å². The summed E-state index contributed by atoms with van der Waals surface area (Å²) in [5, 5.41) is 13.1. The summed E-state index contributed by atoms with van der Waals surface area (Å²) in [6.07, 6.45) is 1.36. The third-order valence-electron chi connectivity index (χ3n) is 2.69. The number of aromatic hydroxyl groups is 1. The Kier molecular flexibility index (Phi) is 4.64. The van der Waals surface area contributed by atoms with Gasteiger partial charge in [0.1, 0.15) is 5.75 Å². The predicted molar refractivity (Wildman–Crippen MR) is 84.9 cm³/mol. The lowest BCUT2D eigenvalue weighted by molar-refractivity contribution is 0.472. The second-order valence-corrected chi connectivity index (χ2v) is 6.89. The molecule has 0 fully saturated rings. The van der Waals surface area contributed by atoms with Gasteiger partial charge < -0.3 is 5.11 Å². The van der Waals surface area contributed by atoms with Gasteiger partial charge >= 0.3 is 0 Å². The van der Waals surface area contributed by atoms with E-state index in [9.17, 15) is 13.5 Å². The average Bonchev–Trinajstić information content (AvgIpc) is 2.43. The molecular weight excluding hydrogens is 356 g/mol. The van der Waals surface area contributed by atoms with Crippen LogP contribution in [0.15, 0.2) is 56.9 Å². The number of rotatable bonds is 4. The summed E-state index contributed by atoms with van der Waals surface area (Å²) in [6.45, 7) is 1.88. The Morgan fingerprint density at radius 1 is 1.19 bits per heavy atom. The fourth-order valence-corrected chi connectivity index (χ4v) is 2.73. The molecule has 0 unspecified atom stereocenters. The zero-order valence-electron chi connectivity index (χ0n) is 11.1. The molecule has 2 N–H and O–H groups in total. The molecule has 0 heterocycles. The van der Waals surface area contributed by atoms with Crippen LogP contribution in [-0.4, -0.2) is 19.7 Å². The Morgan fingerprint density at radius 2 is 1.86 bits per heavy atom. The molecular formula is C14H13BrN2O3S. The number of hydrazone groups is 1. The highest BCUT2D eigenvalue weighted by Gasteiger charge is 2.11. The second-order valence-electron chi connectivity index (χ2n) is 4.38. The lowest BCUT2D eigenvalue weighted by Gasteiger charge is -2.03. The van der Waals surface area contributed by atoms with E-state index in [4.69, 9.17) is 0 Å². The number of nitrogens with zero attached hydrogens (tertiary/aromatic N) is 1. The third-order valence-corrected chi connectivity index (χ3v) is 4.56. The van der Waals surface area contributed by atoms with Crippen LogP contribution in [0.1, 0.15) is 11.1 Å². The number of sulfonamides is 1. The molecule has 21 heavy (non-hydrogen) atoms. The summed E-state index contributed by atoms with van der Waals surface area (Å²) in [6, 6.07) is 11.2. The van der Waals surface area contributed by atoms with E-state index in [0.717, 1.165) is 5.56 Å². The largest absolute Gasteiger partial charge is 0.507 e. The van der Waals surface area contributed by atoms with Crippen molar-refractivity contribution in [3.63, 3.8) is 0 Å². The van der Waals surface area contributed by atoms with Crippen LogP contribution in [0.25, 0.3) is 0 Å². The Labute approximate surface area is 131 Å². The van der Waals surface area contributed by atoms with E-state index < -0.39 is 10.0 Å². The van der Waals surface area contributed by atoms with Crippen molar-refractivity contribution < 1.29 is 13.5 Å². The molecule has 0 bridgehead atoms. The van der Waals surface area contributed by atoms with Gasteiger partial charge in [0.05, 0.1) is 15.6 Å². The lowest BCUT2D eigenvalue weighted by atomic mass is 10.2. The van der Waals surface area contributed by atoms with Crippen LogP contribution >= 0.6 is 15.9 Å². The molecule has 0 spiro atoms. The van der Waals surface area contributed by atoms with Gasteiger partial charge in [-0.1, -0.05) is 17.7 Å². The molecule has 7 heteroatoms. The van der Waals surface area contributed by atoms with Gasteiger partial charge in [0, 0.05) is 0 Å². The SMILES string of the molecule is Cc1ccc(S(=O)(=O)N/N=C/c2ccc(O)c(Br)c2)cc1. The summed E-state index contributed by atoms with van der Waals surface area (Å²) in [4.78, 5) is 2.29. The van der Waals surface area contributed by atoms with Crippen LogP contribution in [0.4, 0.5) is 0 Å². The van der Waals surface area contributed by atoms with E-state index in [1.165, 1.54) is 24.4 Å². The smallest absolute Gasteiger partial charge is 0.276 e. The molecule has 2 rings (SSSR count). The Hall–Kier alpha value is -1.86. The molecule has 0 atom stereocenters. The Balaban J connectivity index is 2.12. The molecule has 110 valence electrons. The van der Waals surface area contributed by atoms with E-state index >= 15 is 0 Å². The molecule has 2 aromatic rings. The van der Waals surface area contributed by atoms with Crippen LogP contribution in [0.3, 0.4) is 0 Å². The molecule has 0 aliphatic carbocycles. The van der Waals surface area contributed by atoms with Gasteiger partial charge in [0.15, 0.2) is 0 Å². The number of phenols is 1. The number of hydrogen-bond donors (Lipinski definition) is 2. The van der Waals surface area contributed by atoms with Crippen molar-refractivity contribution >= 4 is 32.2 Å². The van der Waals surface area contributed by atoms with Gasteiger partial charge in [-0.3, -0.25) is 0 Å². The maximum atomic E-state index is 12.0. The van der Waals surface area contributed by atoms with Crippen molar-refractivity contribution in [3.8, 4) is 5.75 Å². The summed E-state index contributed by atoms with van der Waals surface area (Å²) in [5.74, 6) is 0.104. The number of halogens is 1. The van der Waals surface area contributed by atoms with E-state index in [1.54, 1.807) is 24.3 Å². The zero-order chi connectivity index (χ0) is 15.5.